The minimum absolute atomic E-state index is 0.167. The fourth-order valence-corrected chi connectivity index (χ4v) is 2.72. The number of aromatic nitrogens is 1. The lowest BCUT2D eigenvalue weighted by molar-refractivity contribution is -0.135. The van der Waals surface area contributed by atoms with Gasteiger partial charge in [-0.15, -0.1) is 0 Å². The maximum absolute atomic E-state index is 12.3. The highest BCUT2D eigenvalue weighted by molar-refractivity contribution is 5.79. The molecule has 2 atom stereocenters. The molecule has 1 amide bonds. The van der Waals surface area contributed by atoms with Crippen molar-refractivity contribution < 1.29 is 9.90 Å². The number of aliphatic hydroxyl groups excluding tert-OH is 1. The molecule has 0 radical (unpaired) electrons. The van der Waals surface area contributed by atoms with Gasteiger partial charge in [-0.25, -0.2) is 0 Å². The van der Waals surface area contributed by atoms with Crippen molar-refractivity contribution in [2.24, 2.45) is 0 Å². The molecule has 1 fully saturated rings. The molecule has 110 valence electrons. The van der Waals surface area contributed by atoms with Gasteiger partial charge in [0.15, 0.2) is 0 Å². The third-order valence-corrected chi connectivity index (χ3v) is 3.66. The van der Waals surface area contributed by atoms with Gasteiger partial charge in [-0.05, 0) is 31.5 Å². The van der Waals surface area contributed by atoms with Crippen molar-refractivity contribution in [3.63, 3.8) is 0 Å². The predicted molar refractivity (Wildman–Crippen MR) is 77.2 cm³/mol. The van der Waals surface area contributed by atoms with Crippen LogP contribution in [0.4, 0.5) is 0 Å². The Bertz CT molecular complexity index is 436. The minimum Gasteiger partial charge on any atom is -0.392 e. The number of hydrogen-bond acceptors (Lipinski definition) is 4. The average molecular weight is 277 g/mol. The summed E-state index contributed by atoms with van der Waals surface area (Å²) in [4.78, 5) is 20.5. The van der Waals surface area contributed by atoms with E-state index in [0.29, 0.717) is 13.0 Å². The van der Waals surface area contributed by atoms with E-state index in [1.807, 2.05) is 17.0 Å². The summed E-state index contributed by atoms with van der Waals surface area (Å²) in [5, 5.41) is 9.43. The summed E-state index contributed by atoms with van der Waals surface area (Å²) >= 11 is 0. The monoisotopic (exact) mass is 277 g/mol. The van der Waals surface area contributed by atoms with E-state index in [1.54, 1.807) is 19.3 Å². The molecule has 0 spiro atoms. The summed E-state index contributed by atoms with van der Waals surface area (Å²) in [7, 11) is 0. The van der Waals surface area contributed by atoms with Crippen molar-refractivity contribution in [3.8, 4) is 0 Å². The molecule has 2 rings (SSSR count). The van der Waals surface area contributed by atoms with Crippen LogP contribution in [0.1, 0.15) is 19.4 Å². The molecule has 5 heteroatoms. The molecule has 1 aromatic rings. The second kappa shape index (κ2) is 6.81. The Morgan fingerprint density at radius 1 is 1.45 bits per heavy atom. The van der Waals surface area contributed by atoms with Crippen LogP contribution in [0.2, 0.25) is 0 Å². The number of nitrogens with zero attached hydrogens (tertiary/aromatic N) is 3. The number of piperazine rings is 1. The quantitative estimate of drug-likeness (QED) is 0.872. The highest BCUT2D eigenvalue weighted by Gasteiger charge is 2.27. The molecule has 0 aromatic carbocycles. The predicted octanol–water partition coefficient (Wildman–Crippen LogP) is 0.538. The Hall–Kier alpha value is -1.46. The lowest BCUT2D eigenvalue weighted by atomic mass is 10.1. The number of aliphatic hydroxyl groups is 1. The molecule has 1 aromatic heterocycles. The number of amides is 1. The molecule has 0 aliphatic carbocycles. The fourth-order valence-electron chi connectivity index (χ4n) is 2.72. The minimum atomic E-state index is -0.318. The van der Waals surface area contributed by atoms with E-state index in [1.165, 1.54) is 0 Å². The maximum atomic E-state index is 12.3. The van der Waals surface area contributed by atoms with E-state index in [9.17, 15) is 9.90 Å². The standard InChI is InChI=1S/C15H23N3O2/c1-12-10-17(11-13(2)19)7-8-18(12)15(20)9-14-3-5-16-6-4-14/h3-6,12-13,19H,7-11H2,1-2H3. The first-order valence-corrected chi connectivity index (χ1v) is 7.15. The summed E-state index contributed by atoms with van der Waals surface area (Å²) in [6.07, 6.45) is 3.55. The summed E-state index contributed by atoms with van der Waals surface area (Å²) in [6, 6.07) is 3.95. The van der Waals surface area contributed by atoms with Gasteiger partial charge in [-0.3, -0.25) is 14.7 Å². The first-order valence-electron chi connectivity index (χ1n) is 7.15. The normalized spacial score (nSPS) is 21.8. The third-order valence-electron chi connectivity index (χ3n) is 3.66. The van der Waals surface area contributed by atoms with Crippen molar-refractivity contribution in [2.75, 3.05) is 26.2 Å². The van der Waals surface area contributed by atoms with Crippen LogP contribution >= 0.6 is 0 Å². The second-order valence-electron chi connectivity index (χ2n) is 5.58. The van der Waals surface area contributed by atoms with Gasteiger partial charge in [0.2, 0.25) is 5.91 Å². The molecule has 0 bridgehead atoms. The van der Waals surface area contributed by atoms with Crippen LogP contribution in [-0.2, 0) is 11.2 Å². The van der Waals surface area contributed by atoms with Crippen molar-refractivity contribution in [2.45, 2.75) is 32.4 Å². The molecule has 2 heterocycles. The Kier molecular flexibility index (Phi) is 5.09. The number of carbonyl (C=O) groups is 1. The van der Waals surface area contributed by atoms with Gasteiger partial charge in [0.05, 0.1) is 12.5 Å². The maximum Gasteiger partial charge on any atom is 0.227 e. The van der Waals surface area contributed by atoms with Crippen molar-refractivity contribution in [1.29, 1.82) is 0 Å². The van der Waals surface area contributed by atoms with Crippen molar-refractivity contribution in [3.05, 3.63) is 30.1 Å². The van der Waals surface area contributed by atoms with Crippen LogP contribution in [0.5, 0.6) is 0 Å². The van der Waals surface area contributed by atoms with Gasteiger partial charge in [-0.2, -0.15) is 0 Å². The molecular formula is C15H23N3O2. The van der Waals surface area contributed by atoms with Crippen molar-refractivity contribution >= 4 is 5.91 Å². The summed E-state index contributed by atoms with van der Waals surface area (Å²) in [5.74, 6) is 0.167. The number of β-amino-alcohol motifs (C(OH)–C–C–N with tert-alkyl or cyclic N) is 1. The molecule has 1 N–H and O–H groups in total. The van der Waals surface area contributed by atoms with Gasteiger partial charge < -0.3 is 10.0 Å². The van der Waals surface area contributed by atoms with Crippen LogP contribution in [0.15, 0.2) is 24.5 Å². The Morgan fingerprint density at radius 3 is 2.75 bits per heavy atom. The first-order chi connectivity index (χ1) is 9.56. The van der Waals surface area contributed by atoms with Crippen LogP contribution in [0, 0.1) is 0 Å². The topological polar surface area (TPSA) is 56.7 Å². The van der Waals surface area contributed by atoms with E-state index >= 15 is 0 Å². The highest BCUT2D eigenvalue weighted by Crippen LogP contribution is 2.12. The molecule has 2 unspecified atom stereocenters. The number of carbonyl (C=O) groups excluding carboxylic acids is 1. The average Bonchev–Trinajstić information content (AvgIpc) is 2.39. The van der Waals surface area contributed by atoms with Gasteiger partial charge in [-0.1, -0.05) is 0 Å². The smallest absolute Gasteiger partial charge is 0.227 e. The van der Waals surface area contributed by atoms with E-state index in [-0.39, 0.29) is 18.1 Å². The SMILES string of the molecule is CC(O)CN1CCN(C(=O)Cc2ccncc2)C(C)C1. The molecule has 5 nitrogen and oxygen atoms in total. The number of rotatable bonds is 4. The van der Waals surface area contributed by atoms with Crippen LogP contribution in [0.25, 0.3) is 0 Å². The summed E-state index contributed by atoms with van der Waals surface area (Å²) < 4.78 is 0. The number of pyridine rings is 1. The van der Waals surface area contributed by atoms with E-state index in [2.05, 4.69) is 16.8 Å². The first kappa shape index (κ1) is 14.9. The third kappa shape index (κ3) is 4.02. The van der Waals surface area contributed by atoms with Gasteiger partial charge in [0.1, 0.15) is 0 Å². The zero-order chi connectivity index (χ0) is 14.5. The zero-order valence-electron chi connectivity index (χ0n) is 12.2. The highest BCUT2D eigenvalue weighted by atomic mass is 16.3. The van der Waals surface area contributed by atoms with E-state index in [4.69, 9.17) is 0 Å². The Balaban J connectivity index is 1.89. The van der Waals surface area contributed by atoms with Crippen LogP contribution in [-0.4, -0.2) is 64.1 Å². The van der Waals surface area contributed by atoms with E-state index < -0.39 is 0 Å². The molecule has 1 saturated heterocycles. The fraction of sp³-hybridized carbons (Fsp3) is 0.600. The van der Waals surface area contributed by atoms with Gasteiger partial charge in [0, 0.05) is 44.6 Å². The molecule has 1 aliphatic heterocycles. The Morgan fingerprint density at radius 2 is 2.15 bits per heavy atom. The molecule has 1 aliphatic rings. The molecule has 0 saturated carbocycles. The lowest BCUT2D eigenvalue weighted by Gasteiger charge is -2.40. The summed E-state index contributed by atoms with van der Waals surface area (Å²) in [5.41, 5.74) is 1.00. The molecule has 20 heavy (non-hydrogen) atoms. The molecular weight excluding hydrogens is 254 g/mol. The van der Waals surface area contributed by atoms with Gasteiger partial charge >= 0.3 is 0 Å². The lowest BCUT2D eigenvalue weighted by Crippen LogP contribution is -2.55. The van der Waals surface area contributed by atoms with E-state index in [0.717, 1.165) is 25.2 Å². The number of hydrogen-bond donors (Lipinski definition) is 1. The van der Waals surface area contributed by atoms with Gasteiger partial charge in [0.25, 0.3) is 0 Å². The van der Waals surface area contributed by atoms with Crippen LogP contribution in [0.3, 0.4) is 0 Å². The Labute approximate surface area is 120 Å². The largest absolute Gasteiger partial charge is 0.392 e. The summed E-state index contributed by atoms with van der Waals surface area (Å²) in [6.45, 7) is 6.93. The van der Waals surface area contributed by atoms with Crippen molar-refractivity contribution in [1.82, 2.24) is 14.8 Å². The zero-order valence-corrected chi connectivity index (χ0v) is 12.2. The second-order valence-corrected chi connectivity index (χ2v) is 5.58. The van der Waals surface area contributed by atoms with Crippen LogP contribution < -0.4 is 0 Å².